The van der Waals surface area contributed by atoms with Gasteiger partial charge in [0.25, 0.3) is 0 Å². The van der Waals surface area contributed by atoms with Crippen molar-refractivity contribution in [1.82, 2.24) is 0 Å². The Kier molecular flexibility index (Phi) is 14.7. The van der Waals surface area contributed by atoms with Crippen molar-refractivity contribution < 1.29 is 25.9 Å². The van der Waals surface area contributed by atoms with Gasteiger partial charge in [0.2, 0.25) is 0 Å². The Bertz CT molecular complexity index is 1510. The average Bonchev–Trinajstić information content (AvgIpc) is 2.92. The Hall–Kier alpha value is -1.52. The van der Waals surface area contributed by atoms with Crippen LogP contribution in [-0.4, -0.2) is 63.7 Å². The topological polar surface area (TPSA) is 114 Å². The summed E-state index contributed by atoms with van der Waals surface area (Å²) in [6.45, 7) is 4.34. The third-order valence-corrected chi connectivity index (χ3v) is 8.87. The van der Waals surface area contributed by atoms with E-state index in [0.717, 1.165) is 47.6 Å². The molecule has 0 bridgehead atoms. The molecular weight excluding hydrogens is 585 g/mol. The number of unbranched alkanes of at least 4 members (excludes halogenated alkanes) is 6. The molecule has 0 saturated heterocycles. The van der Waals surface area contributed by atoms with E-state index in [1.165, 1.54) is 50.7 Å². The number of aryl methyl sites for hydroxylation is 2. The van der Waals surface area contributed by atoms with Crippen molar-refractivity contribution in [2.24, 2.45) is 0 Å². The van der Waals surface area contributed by atoms with E-state index >= 15 is 0 Å². The maximum Gasteiger partial charge on any atom is 2.00 e. The van der Waals surface area contributed by atoms with Crippen LogP contribution in [-0.2, 0) is 33.1 Å². The SMILES string of the molecule is CCCCCCc1cccc2c(S(=O)(=O)[O-])cccc12.CCCCCCc1cccc2c(S(=O)(=O)[O-])cccc12.[Ca+2]. The molecule has 4 aromatic rings. The largest absolute Gasteiger partial charge is 2.00 e. The van der Waals surface area contributed by atoms with Crippen molar-refractivity contribution in [3.8, 4) is 0 Å². The van der Waals surface area contributed by atoms with Gasteiger partial charge in [-0.05, 0) is 70.5 Å². The van der Waals surface area contributed by atoms with E-state index in [1.807, 2.05) is 36.4 Å². The molecule has 6 nitrogen and oxygen atoms in total. The first-order valence-electron chi connectivity index (χ1n) is 14.0. The maximum absolute atomic E-state index is 11.3. The quantitative estimate of drug-likeness (QED) is 0.0927. The number of benzene rings is 4. The van der Waals surface area contributed by atoms with Gasteiger partial charge < -0.3 is 9.11 Å². The van der Waals surface area contributed by atoms with E-state index in [-0.39, 0.29) is 47.5 Å². The molecule has 4 aromatic carbocycles. The summed E-state index contributed by atoms with van der Waals surface area (Å²) in [6, 6.07) is 20.9. The summed E-state index contributed by atoms with van der Waals surface area (Å²) in [5, 5.41) is 2.83. The van der Waals surface area contributed by atoms with Gasteiger partial charge in [-0.3, -0.25) is 0 Å². The van der Waals surface area contributed by atoms with Crippen LogP contribution in [0.5, 0.6) is 0 Å². The first-order valence-corrected chi connectivity index (χ1v) is 16.8. The molecule has 0 unspecified atom stereocenters. The van der Waals surface area contributed by atoms with Crippen LogP contribution in [0.15, 0.2) is 82.6 Å². The second kappa shape index (κ2) is 16.9. The molecule has 0 fully saturated rings. The molecule has 4 rings (SSSR count). The fourth-order valence-electron chi connectivity index (χ4n) is 5.05. The van der Waals surface area contributed by atoms with Gasteiger partial charge in [0.15, 0.2) is 0 Å². The summed E-state index contributed by atoms with van der Waals surface area (Å²) < 4.78 is 67.8. The van der Waals surface area contributed by atoms with E-state index in [1.54, 1.807) is 24.3 Å². The van der Waals surface area contributed by atoms with Gasteiger partial charge in [0, 0.05) is 0 Å². The third-order valence-electron chi connectivity index (χ3n) is 7.08. The number of fused-ring (bicyclic) bond motifs is 2. The van der Waals surface area contributed by atoms with E-state index in [2.05, 4.69) is 13.8 Å². The van der Waals surface area contributed by atoms with Crippen LogP contribution in [0.25, 0.3) is 21.5 Å². The Balaban J connectivity index is 0.000000280. The standard InChI is InChI=1S/2C16H20O3S.Ca/c2*1-2-3-4-5-8-13-9-6-11-15-14(13)10-7-12-16(15)20(17,18)19;/h2*6-7,9-12H,2-5,8H2,1H3,(H,17,18,19);/q;;+2/p-2. The third kappa shape index (κ3) is 10.3. The van der Waals surface area contributed by atoms with Gasteiger partial charge in [-0.1, -0.05) is 113 Å². The van der Waals surface area contributed by atoms with Crippen LogP contribution in [0.3, 0.4) is 0 Å². The Labute approximate surface area is 275 Å². The fourth-order valence-corrected chi connectivity index (χ4v) is 6.43. The number of rotatable bonds is 12. The molecule has 41 heavy (non-hydrogen) atoms. The Morgan fingerprint density at radius 3 is 1.17 bits per heavy atom. The van der Waals surface area contributed by atoms with E-state index in [0.29, 0.717) is 10.8 Å². The minimum atomic E-state index is -4.43. The fraction of sp³-hybridized carbons (Fsp3) is 0.375. The van der Waals surface area contributed by atoms with Crippen molar-refractivity contribution in [3.05, 3.63) is 83.9 Å². The maximum atomic E-state index is 11.3. The summed E-state index contributed by atoms with van der Waals surface area (Å²) in [5.41, 5.74) is 2.23. The zero-order valence-corrected chi connectivity index (χ0v) is 27.8. The predicted molar refractivity (Wildman–Crippen MR) is 165 cm³/mol. The summed E-state index contributed by atoms with van der Waals surface area (Å²) in [6.07, 6.45) is 11.2. The van der Waals surface area contributed by atoms with Gasteiger partial charge in [-0.15, -0.1) is 0 Å². The molecule has 9 heteroatoms. The van der Waals surface area contributed by atoms with Gasteiger partial charge in [-0.25, -0.2) is 16.8 Å². The number of hydrogen-bond acceptors (Lipinski definition) is 6. The second-order valence-electron chi connectivity index (χ2n) is 10.1. The molecule has 0 heterocycles. The minimum absolute atomic E-state index is 0. The zero-order valence-electron chi connectivity index (χ0n) is 24.0. The molecule has 0 saturated carbocycles. The Morgan fingerprint density at radius 2 is 0.829 bits per heavy atom. The van der Waals surface area contributed by atoms with E-state index < -0.39 is 20.2 Å². The molecule has 0 amide bonds. The molecule has 0 aromatic heterocycles. The molecule has 0 aliphatic rings. The predicted octanol–water partition coefficient (Wildman–Crippen LogP) is 7.35. The average molecular weight is 623 g/mol. The van der Waals surface area contributed by atoms with Gasteiger partial charge >= 0.3 is 37.7 Å². The Morgan fingerprint density at radius 1 is 0.488 bits per heavy atom. The molecule has 0 N–H and O–H groups in total. The van der Waals surface area contributed by atoms with Crippen LogP contribution in [0, 0.1) is 0 Å². The van der Waals surface area contributed by atoms with Crippen LogP contribution in [0.4, 0.5) is 0 Å². The van der Waals surface area contributed by atoms with Crippen molar-refractivity contribution in [1.29, 1.82) is 0 Å². The normalized spacial score (nSPS) is 11.6. The summed E-state index contributed by atoms with van der Waals surface area (Å²) in [5.74, 6) is 0. The molecular formula is C32H38CaO6S2. The second-order valence-corrected chi connectivity index (χ2v) is 12.8. The summed E-state index contributed by atoms with van der Waals surface area (Å²) in [4.78, 5) is -0.240. The zero-order chi connectivity index (χ0) is 29.2. The van der Waals surface area contributed by atoms with Crippen LogP contribution in [0.1, 0.15) is 76.3 Å². The van der Waals surface area contributed by atoms with Crippen LogP contribution >= 0.6 is 0 Å². The summed E-state index contributed by atoms with van der Waals surface area (Å²) in [7, 11) is -8.85. The molecule has 216 valence electrons. The van der Waals surface area contributed by atoms with Crippen LogP contribution < -0.4 is 0 Å². The summed E-state index contributed by atoms with van der Waals surface area (Å²) >= 11 is 0. The minimum Gasteiger partial charge on any atom is -0.744 e. The molecule has 0 spiro atoms. The number of hydrogen-bond donors (Lipinski definition) is 0. The molecule has 0 aliphatic carbocycles. The van der Waals surface area contributed by atoms with Crippen molar-refractivity contribution in [2.75, 3.05) is 0 Å². The van der Waals surface area contributed by atoms with Crippen LogP contribution in [0.2, 0.25) is 0 Å². The van der Waals surface area contributed by atoms with Gasteiger partial charge in [0.1, 0.15) is 20.2 Å². The first kappa shape index (κ1) is 35.7. The molecule has 0 radical (unpaired) electrons. The van der Waals surface area contributed by atoms with Crippen molar-refractivity contribution in [2.45, 2.75) is 87.8 Å². The van der Waals surface area contributed by atoms with Crippen molar-refractivity contribution >= 4 is 79.5 Å². The monoisotopic (exact) mass is 622 g/mol. The molecule has 0 aliphatic heterocycles. The van der Waals surface area contributed by atoms with Gasteiger partial charge in [0.05, 0.1) is 9.79 Å². The van der Waals surface area contributed by atoms with Crippen molar-refractivity contribution in [3.63, 3.8) is 0 Å². The van der Waals surface area contributed by atoms with E-state index in [4.69, 9.17) is 0 Å². The molecule has 0 atom stereocenters. The van der Waals surface area contributed by atoms with Gasteiger partial charge in [-0.2, -0.15) is 0 Å². The van der Waals surface area contributed by atoms with E-state index in [9.17, 15) is 25.9 Å². The smallest absolute Gasteiger partial charge is 0.744 e. The first-order chi connectivity index (χ1) is 19.1.